The van der Waals surface area contributed by atoms with Crippen molar-refractivity contribution in [1.82, 2.24) is 24.3 Å². The summed E-state index contributed by atoms with van der Waals surface area (Å²) < 4.78 is 7.13. The molecule has 30 heavy (non-hydrogen) atoms. The molecule has 0 aliphatic rings. The van der Waals surface area contributed by atoms with Crippen molar-refractivity contribution in [3.63, 3.8) is 0 Å². The molecule has 5 aromatic heterocycles. The van der Waals surface area contributed by atoms with Gasteiger partial charge in [-0.2, -0.15) is 0 Å². The quantitative estimate of drug-likeness (QED) is 0.493. The van der Waals surface area contributed by atoms with Crippen LogP contribution in [0.15, 0.2) is 78.1 Å². The maximum absolute atomic E-state index is 12.9. The number of amides is 1. The molecular formula is C22H16N6O2. The molecule has 8 nitrogen and oxygen atoms in total. The van der Waals surface area contributed by atoms with E-state index in [1.807, 2.05) is 43.3 Å². The van der Waals surface area contributed by atoms with Gasteiger partial charge in [0.1, 0.15) is 17.9 Å². The average molecular weight is 396 g/mol. The summed E-state index contributed by atoms with van der Waals surface area (Å²) in [6.45, 7) is 1.94. The van der Waals surface area contributed by atoms with Crippen LogP contribution in [0.25, 0.3) is 28.2 Å². The van der Waals surface area contributed by atoms with Crippen LogP contribution in [0, 0.1) is 6.92 Å². The lowest BCUT2D eigenvalue weighted by Crippen LogP contribution is -2.14. The molecule has 0 unspecified atom stereocenters. The Hall–Kier alpha value is -4.33. The zero-order valence-electron chi connectivity index (χ0n) is 16.0. The number of anilines is 1. The summed E-state index contributed by atoms with van der Waals surface area (Å²) in [5, 5.41) is 2.78. The van der Waals surface area contributed by atoms with Crippen molar-refractivity contribution in [2.45, 2.75) is 6.92 Å². The molecule has 0 aliphatic carbocycles. The molecule has 5 heterocycles. The molecule has 0 aliphatic heterocycles. The summed E-state index contributed by atoms with van der Waals surface area (Å²) in [5.41, 5.74) is 4.02. The van der Waals surface area contributed by atoms with E-state index in [4.69, 9.17) is 4.42 Å². The SMILES string of the molecule is Cc1cc(-c2cccnc2)nc2c(C(=O)Nc3ccc(-c4ccco4)cn3)ncn12. The van der Waals surface area contributed by atoms with E-state index in [-0.39, 0.29) is 11.6 Å². The number of carbonyl (C=O) groups excluding carboxylic acids is 1. The standard InChI is InChI=1S/C22H16N6O2/c1-14-10-17(15-4-2-8-23-11-15)26-21-20(25-13-28(14)21)22(29)27-19-7-6-16(12-24-19)18-5-3-9-30-18/h2-13H,1H3,(H,24,27,29). The smallest absolute Gasteiger partial charge is 0.279 e. The third-order valence-corrected chi connectivity index (χ3v) is 4.68. The molecule has 146 valence electrons. The lowest BCUT2D eigenvalue weighted by molar-refractivity contribution is 0.102. The molecule has 0 bridgehead atoms. The molecule has 8 heteroatoms. The van der Waals surface area contributed by atoms with Gasteiger partial charge in [0.25, 0.3) is 5.91 Å². The van der Waals surface area contributed by atoms with Gasteiger partial charge in [0.15, 0.2) is 11.3 Å². The average Bonchev–Trinajstić information content (AvgIpc) is 3.45. The van der Waals surface area contributed by atoms with Crippen LogP contribution in [0.2, 0.25) is 0 Å². The maximum atomic E-state index is 12.9. The number of rotatable bonds is 4. The number of pyridine rings is 2. The van der Waals surface area contributed by atoms with E-state index in [0.29, 0.717) is 17.2 Å². The fourth-order valence-electron chi connectivity index (χ4n) is 3.17. The van der Waals surface area contributed by atoms with Crippen LogP contribution < -0.4 is 5.32 Å². The lowest BCUT2D eigenvalue weighted by Gasteiger charge is -2.07. The van der Waals surface area contributed by atoms with Crippen molar-refractivity contribution in [3.8, 4) is 22.6 Å². The Kier molecular flexibility index (Phi) is 4.29. The number of furan rings is 1. The van der Waals surface area contributed by atoms with Crippen molar-refractivity contribution in [3.05, 3.63) is 85.0 Å². The van der Waals surface area contributed by atoms with Gasteiger partial charge in [0.05, 0.1) is 12.0 Å². The molecule has 0 atom stereocenters. The summed E-state index contributed by atoms with van der Waals surface area (Å²) in [4.78, 5) is 30.2. The minimum absolute atomic E-state index is 0.223. The summed E-state index contributed by atoms with van der Waals surface area (Å²) >= 11 is 0. The van der Waals surface area contributed by atoms with E-state index in [1.165, 1.54) is 0 Å². The number of nitrogens with one attached hydrogen (secondary N) is 1. The van der Waals surface area contributed by atoms with E-state index < -0.39 is 0 Å². The first-order valence-corrected chi connectivity index (χ1v) is 9.25. The molecule has 0 saturated carbocycles. The van der Waals surface area contributed by atoms with Crippen LogP contribution in [-0.4, -0.2) is 30.2 Å². The maximum Gasteiger partial charge on any atom is 0.279 e. The molecule has 0 fully saturated rings. The highest BCUT2D eigenvalue weighted by Gasteiger charge is 2.18. The number of aryl methyl sites for hydroxylation is 1. The zero-order chi connectivity index (χ0) is 20.5. The van der Waals surface area contributed by atoms with Gasteiger partial charge in [0, 0.05) is 35.4 Å². The van der Waals surface area contributed by atoms with Gasteiger partial charge in [-0.1, -0.05) is 0 Å². The summed E-state index contributed by atoms with van der Waals surface area (Å²) in [6.07, 6.45) is 8.27. The van der Waals surface area contributed by atoms with Crippen LogP contribution in [0.1, 0.15) is 16.2 Å². The van der Waals surface area contributed by atoms with Gasteiger partial charge in [0.2, 0.25) is 0 Å². The van der Waals surface area contributed by atoms with E-state index in [0.717, 1.165) is 22.5 Å². The third kappa shape index (κ3) is 3.20. The third-order valence-electron chi connectivity index (χ3n) is 4.68. The van der Waals surface area contributed by atoms with Gasteiger partial charge >= 0.3 is 0 Å². The highest BCUT2D eigenvalue weighted by molar-refractivity contribution is 6.06. The van der Waals surface area contributed by atoms with Gasteiger partial charge in [-0.25, -0.2) is 15.0 Å². The van der Waals surface area contributed by atoms with E-state index in [2.05, 4.69) is 25.3 Å². The topological polar surface area (TPSA) is 98.2 Å². The highest BCUT2D eigenvalue weighted by Crippen LogP contribution is 2.22. The number of imidazole rings is 1. The molecule has 0 radical (unpaired) electrons. The predicted octanol–water partition coefficient (Wildman–Crippen LogP) is 4.01. The molecule has 0 spiro atoms. The Balaban J connectivity index is 1.45. The van der Waals surface area contributed by atoms with Gasteiger partial charge in [-0.15, -0.1) is 0 Å². The van der Waals surface area contributed by atoms with Crippen LogP contribution in [0.5, 0.6) is 0 Å². The fourth-order valence-corrected chi connectivity index (χ4v) is 3.17. The molecule has 0 aromatic carbocycles. The number of hydrogen-bond donors (Lipinski definition) is 1. The summed E-state index contributed by atoms with van der Waals surface area (Å²) in [5.74, 6) is 0.741. The fraction of sp³-hybridized carbons (Fsp3) is 0.0455. The monoisotopic (exact) mass is 396 g/mol. The van der Waals surface area contributed by atoms with Gasteiger partial charge in [-0.05, 0) is 49.4 Å². The number of aromatic nitrogens is 5. The second-order valence-corrected chi connectivity index (χ2v) is 6.67. The van der Waals surface area contributed by atoms with Crippen LogP contribution in [-0.2, 0) is 0 Å². The summed E-state index contributed by atoms with van der Waals surface area (Å²) in [6, 6.07) is 12.9. The zero-order valence-corrected chi connectivity index (χ0v) is 16.0. The number of hydrogen-bond acceptors (Lipinski definition) is 6. The van der Waals surface area contributed by atoms with Crippen LogP contribution in [0.4, 0.5) is 5.82 Å². The Bertz CT molecular complexity index is 1330. The number of nitrogens with zero attached hydrogens (tertiary/aromatic N) is 5. The number of carbonyl (C=O) groups is 1. The Morgan fingerprint density at radius 3 is 2.73 bits per heavy atom. The largest absolute Gasteiger partial charge is 0.464 e. The molecular weight excluding hydrogens is 380 g/mol. The Morgan fingerprint density at radius 2 is 2.00 bits per heavy atom. The van der Waals surface area contributed by atoms with Crippen LogP contribution in [0.3, 0.4) is 0 Å². The van der Waals surface area contributed by atoms with Crippen molar-refractivity contribution in [2.24, 2.45) is 0 Å². The van der Waals surface area contributed by atoms with Gasteiger partial charge in [-0.3, -0.25) is 14.2 Å². The normalized spacial score (nSPS) is 11.0. The first kappa shape index (κ1) is 17.7. The first-order valence-electron chi connectivity index (χ1n) is 9.25. The van der Waals surface area contributed by atoms with Crippen molar-refractivity contribution in [1.29, 1.82) is 0 Å². The van der Waals surface area contributed by atoms with Crippen molar-refractivity contribution >= 4 is 17.4 Å². The second kappa shape index (κ2) is 7.25. The molecule has 1 amide bonds. The predicted molar refractivity (Wildman–Crippen MR) is 111 cm³/mol. The minimum atomic E-state index is -0.383. The second-order valence-electron chi connectivity index (χ2n) is 6.67. The Morgan fingerprint density at radius 1 is 1.07 bits per heavy atom. The Labute approximate surface area is 171 Å². The first-order chi connectivity index (χ1) is 14.7. The van der Waals surface area contributed by atoms with Gasteiger partial charge < -0.3 is 9.73 Å². The molecule has 1 N–H and O–H groups in total. The highest BCUT2D eigenvalue weighted by atomic mass is 16.3. The lowest BCUT2D eigenvalue weighted by atomic mass is 10.2. The summed E-state index contributed by atoms with van der Waals surface area (Å²) in [7, 11) is 0. The van der Waals surface area contributed by atoms with Crippen molar-refractivity contribution in [2.75, 3.05) is 5.32 Å². The van der Waals surface area contributed by atoms with E-state index in [9.17, 15) is 4.79 Å². The van der Waals surface area contributed by atoms with Crippen LogP contribution >= 0.6 is 0 Å². The van der Waals surface area contributed by atoms with E-state index in [1.54, 1.807) is 41.6 Å². The van der Waals surface area contributed by atoms with E-state index >= 15 is 0 Å². The molecule has 5 aromatic rings. The van der Waals surface area contributed by atoms with Crippen molar-refractivity contribution < 1.29 is 9.21 Å². The minimum Gasteiger partial charge on any atom is -0.464 e. The molecule has 5 rings (SSSR count). The molecule has 0 saturated heterocycles. The number of fused-ring (bicyclic) bond motifs is 1.